The van der Waals surface area contributed by atoms with Gasteiger partial charge < -0.3 is 4.57 Å². The lowest BCUT2D eigenvalue weighted by atomic mass is 10.00. The summed E-state index contributed by atoms with van der Waals surface area (Å²) in [5.74, 6) is 0.213. The molecule has 138 valence electrons. The van der Waals surface area contributed by atoms with Crippen LogP contribution >= 0.6 is 0 Å². The van der Waals surface area contributed by atoms with Gasteiger partial charge in [-0.2, -0.15) is 18.4 Å². The van der Waals surface area contributed by atoms with Crippen LogP contribution in [0.3, 0.4) is 0 Å². The molecule has 26 heavy (non-hydrogen) atoms. The number of halogens is 3. The molecule has 6 nitrogen and oxygen atoms in total. The van der Waals surface area contributed by atoms with E-state index >= 15 is 0 Å². The Hall–Kier alpha value is -2.38. The van der Waals surface area contributed by atoms with Gasteiger partial charge in [0.1, 0.15) is 5.82 Å². The van der Waals surface area contributed by atoms with Crippen molar-refractivity contribution in [3.8, 4) is 6.07 Å². The first-order valence-corrected chi connectivity index (χ1v) is 9.30. The Labute approximate surface area is 148 Å². The summed E-state index contributed by atoms with van der Waals surface area (Å²) in [6.07, 6.45) is -2.64. The number of nitrogens with zero attached hydrogens (tertiary/aromatic N) is 3. The summed E-state index contributed by atoms with van der Waals surface area (Å²) in [5.41, 5.74) is -0.699. The van der Waals surface area contributed by atoms with Gasteiger partial charge in [-0.3, -0.25) is 0 Å². The molecule has 10 heteroatoms. The van der Waals surface area contributed by atoms with E-state index in [0.717, 1.165) is 6.20 Å². The van der Waals surface area contributed by atoms with Crippen molar-refractivity contribution in [2.45, 2.75) is 30.5 Å². The average molecular weight is 384 g/mol. The minimum atomic E-state index is -4.49. The van der Waals surface area contributed by atoms with Crippen LogP contribution in [0.5, 0.6) is 0 Å². The maximum absolute atomic E-state index is 12.7. The molecule has 0 aliphatic carbocycles. The molecule has 1 atom stereocenters. The highest BCUT2D eigenvalue weighted by Crippen LogP contribution is 2.30. The number of benzene rings is 1. The van der Waals surface area contributed by atoms with Crippen LogP contribution in [0, 0.1) is 17.2 Å². The molecule has 0 saturated heterocycles. The Balaban J connectivity index is 1.67. The number of nitrogens with one attached hydrogen (secondary N) is 1. The number of rotatable bonds is 4. The fourth-order valence-corrected chi connectivity index (χ4v) is 4.02. The van der Waals surface area contributed by atoms with Crippen LogP contribution in [0.2, 0.25) is 0 Å². The molecule has 1 N–H and O–H groups in total. The van der Waals surface area contributed by atoms with E-state index in [9.17, 15) is 21.6 Å². The van der Waals surface area contributed by atoms with Gasteiger partial charge in [0.15, 0.2) is 5.69 Å². The third kappa shape index (κ3) is 3.89. The summed E-state index contributed by atoms with van der Waals surface area (Å²) in [5, 5.41) is 8.86. The molecule has 2 aromatic rings. The number of sulfonamides is 1. The number of hydrogen-bond acceptors (Lipinski definition) is 4. The third-order valence-corrected chi connectivity index (χ3v) is 5.64. The van der Waals surface area contributed by atoms with E-state index in [1.807, 2.05) is 6.07 Å². The van der Waals surface area contributed by atoms with E-state index in [4.69, 9.17) is 5.26 Å². The highest BCUT2D eigenvalue weighted by molar-refractivity contribution is 7.89. The molecular formula is C16H15F3N4O2S. The molecule has 0 fully saturated rings. The fourth-order valence-electron chi connectivity index (χ4n) is 2.86. The minimum absolute atomic E-state index is 0.0185. The van der Waals surface area contributed by atoms with Gasteiger partial charge in [0, 0.05) is 25.7 Å². The van der Waals surface area contributed by atoms with Gasteiger partial charge in [0.2, 0.25) is 10.0 Å². The van der Waals surface area contributed by atoms with Crippen LogP contribution in [0.1, 0.15) is 23.5 Å². The summed E-state index contributed by atoms with van der Waals surface area (Å²) >= 11 is 0. The lowest BCUT2D eigenvalue weighted by molar-refractivity contribution is -0.141. The zero-order valence-corrected chi connectivity index (χ0v) is 14.3. The van der Waals surface area contributed by atoms with Crippen molar-refractivity contribution in [2.24, 2.45) is 5.92 Å². The highest BCUT2D eigenvalue weighted by Gasteiger charge is 2.35. The zero-order chi connectivity index (χ0) is 18.9. The van der Waals surface area contributed by atoms with E-state index in [1.54, 1.807) is 0 Å². The van der Waals surface area contributed by atoms with Crippen molar-refractivity contribution >= 4 is 10.0 Å². The predicted octanol–water partition coefficient (Wildman–Crippen LogP) is 2.31. The summed E-state index contributed by atoms with van der Waals surface area (Å²) in [6, 6.07) is 7.50. The molecule has 1 aliphatic heterocycles. The van der Waals surface area contributed by atoms with Gasteiger partial charge in [0.25, 0.3) is 0 Å². The number of aromatic nitrogens is 2. The van der Waals surface area contributed by atoms with Crippen molar-refractivity contribution in [2.75, 3.05) is 6.54 Å². The SMILES string of the molecule is N#Cc1cccc(S(=O)(=O)NCC2CCc3nc(C(F)(F)F)cn3C2)c1. The molecular weight excluding hydrogens is 369 g/mol. The van der Waals surface area contributed by atoms with Gasteiger partial charge in [-0.15, -0.1) is 0 Å². The molecule has 0 saturated carbocycles. The van der Waals surface area contributed by atoms with E-state index in [-0.39, 0.29) is 29.5 Å². The van der Waals surface area contributed by atoms with Crippen molar-refractivity contribution in [3.05, 3.63) is 47.5 Å². The first kappa shape index (κ1) is 18.4. The summed E-state index contributed by atoms with van der Waals surface area (Å²) in [4.78, 5) is 3.58. The Morgan fingerprint density at radius 3 is 2.85 bits per heavy atom. The van der Waals surface area contributed by atoms with E-state index in [2.05, 4.69) is 9.71 Å². The van der Waals surface area contributed by atoms with Crippen LogP contribution in [0.25, 0.3) is 0 Å². The Bertz CT molecular complexity index is 961. The number of alkyl halides is 3. The monoisotopic (exact) mass is 384 g/mol. The molecule has 1 aromatic carbocycles. The lowest BCUT2D eigenvalue weighted by Crippen LogP contribution is -2.33. The van der Waals surface area contributed by atoms with Crippen LogP contribution in [0.15, 0.2) is 35.4 Å². The number of fused-ring (bicyclic) bond motifs is 1. The summed E-state index contributed by atoms with van der Waals surface area (Å²) in [7, 11) is -3.79. The predicted molar refractivity (Wildman–Crippen MR) is 85.4 cm³/mol. The second-order valence-electron chi connectivity index (χ2n) is 6.09. The molecule has 0 bridgehead atoms. The van der Waals surface area contributed by atoms with E-state index in [0.29, 0.717) is 18.7 Å². The first-order chi connectivity index (χ1) is 12.2. The standard InChI is InChI=1S/C16H15F3N4O2S/c17-16(18,19)14-10-23-9-12(4-5-15(23)22-14)8-21-26(24,25)13-3-1-2-11(6-13)7-20/h1-3,6,10,12,21H,4-5,8-9H2. The van der Waals surface area contributed by atoms with Crippen LogP contribution in [-0.2, 0) is 29.2 Å². The fraction of sp³-hybridized carbons (Fsp3) is 0.375. The largest absolute Gasteiger partial charge is 0.434 e. The van der Waals surface area contributed by atoms with Crippen molar-refractivity contribution in [3.63, 3.8) is 0 Å². The van der Waals surface area contributed by atoms with Crippen molar-refractivity contribution < 1.29 is 21.6 Å². The molecule has 1 aliphatic rings. The topological polar surface area (TPSA) is 87.8 Å². The summed E-state index contributed by atoms with van der Waals surface area (Å²) in [6.45, 7) is 0.358. The maximum atomic E-state index is 12.7. The quantitative estimate of drug-likeness (QED) is 0.876. The maximum Gasteiger partial charge on any atom is 0.434 e. The van der Waals surface area contributed by atoms with Gasteiger partial charge in [-0.1, -0.05) is 6.07 Å². The second kappa shape index (κ2) is 6.74. The van der Waals surface area contributed by atoms with Crippen LogP contribution in [0.4, 0.5) is 13.2 Å². The Morgan fingerprint density at radius 1 is 1.38 bits per heavy atom. The molecule has 0 spiro atoms. The third-order valence-electron chi connectivity index (χ3n) is 4.22. The molecule has 1 unspecified atom stereocenters. The molecule has 1 aromatic heterocycles. The minimum Gasteiger partial charge on any atom is -0.334 e. The lowest BCUT2D eigenvalue weighted by Gasteiger charge is -2.23. The number of imidazole rings is 1. The highest BCUT2D eigenvalue weighted by atomic mass is 32.2. The Kier molecular flexibility index (Phi) is 4.77. The second-order valence-corrected chi connectivity index (χ2v) is 7.86. The smallest absolute Gasteiger partial charge is 0.334 e. The molecule has 0 radical (unpaired) electrons. The van der Waals surface area contributed by atoms with Gasteiger partial charge in [-0.25, -0.2) is 18.1 Å². The van der Waals surface area contributed by atoms with Gasteiger partial charge in [-0.05, 0) is 30.5 Å². The van der Waals surface area contributed by atoms with Crippen LogP contribution < -0.4 is 4.72 Å². The zero-order valence-electron chi connectivity index (χ0n) is 13.5. The van der Waals surface area contributed by atoms with Gasteiger partial charge >= 0.3 is 6.18 Å². The van der Waals surface area contributed by atoms with E-state index in [1.165, 1.54) is 28.8 Å². The number of nitriles is 1. The molecule has 0 amide bonds. The molecule has 3 rings (SSSR count). The number of aryl methyl sites for hydroxylation is 1. The normalized spacial score (nSPS) is 17.5. The van der Waals surface area contributed by atoms with Crippen molar-refractivity contribution in [1.29, 1.82) is 5.26 Å². The van der Waals surface area contributed by atoms with Gasteiger partial charge in [0.05, 0.1) is 16.5 Å². The number of hydrogen-bond donors (Lipinski definition) is 1. The van der Waals surface area contributed by atoms with Crippen molar-refractivity contribution in [1.82, 2.24) is 14.3 Å². The van der Waals surface area contributed by atoms with E-state index < -0.39 is 21.9 Å². The first-order valence-electron chi connectivity index (χ1n) is 7.82. The average Bonchev–Trinajstić information content (AvgIpc) is 3.04. The van der Waals surface area contributed by atoms with Crippen LogP contribution in [-0.4, -0.2) is 24.5 Å². The Morgan fingerprint density at radius 2 is 2.15 bits per heavy atom. The molecule has 2 heterocycles. The summed E-state index contributed by atoms with van der Waals surface area (Å²) < 4.78 is 66.8.